The van der Waals surface area contributed by atoms with Crippen LogP contribution in [-0.2, 0) is 17.6 Å². The molecule has 3 N–H and O–H groups in total. The van der Waals surface area contributed by atoms with Crippen LogP contribution in [0.5, 0.6) is 0 Å². The number of likely N-dealkylation sites (tertiary alicyclic amines) is 1. The number of nitrogens with two attached hydrogens (primary N) is 1. The third-order valence-corrected chi connectivity index (χ3v) is 5.98. The minimum Gasteiger partial charge on any atom is -0.352 e. The lowest BCUT2D eigenvalue weighted by Crippen LogP contribution is -2.53. The van der Waals surface area contributed by atoms with Crippen molar-refractivity contribution in [1.29, 1.82) is 0 Å². The zero-order valence-corrected chi connectivity index (χ0v) is 17.6. The number of urea groups is 1. The normalized spacial score (nSPS) is 17.6. The fraction of sp³-hybridized carbons (Fsp3) is 0.364. The van der Waals surface area contributed by atoms with Gasteiger partial charge in [-0.1, -0.05) is 59.6 Å². The molecule has 3 rings (SSSR count). The van der Waals surface area contributed by atoms with E-state index < -0.39 is 12.1 Å². The van der Waals surface area contributed by atoms with E-state index in [1.165, 1.54) is 5.56 Å². The van der Waals surface area contributed by atoms with Gasteiger partial charge in [0.1, 0.15) is 6.04 Å². The number of nitrogens with one attached hydrogen (secondary N) is 1. The number of carbonyl (C=O) groups is 2. The van der Waals surface area contributed by atoms with Gasteiger partial charge in [-0.3, -0.25) is 4.79 Å². The van der Waals surface area contributed by atoms with Gasteiger partial charge in [-0.25, -0.2) is 4.79 Å². The van der Waals surface area contributed by atoms with Gasteiger partial charge in [-0.05, 0) is 48.4 Å². The Labute approximate surface area is 181 Å². The van der Waals surface area contributed by atoms with E-state index in [1.54, 1.807) is 18.2 Å². The van der Waals surface area contributed by atoms with Crippen LogP contribution in [0.1, 0.15) is 24.0 Å². The molecule has 5 nitrogen and oxygen atoms in total. The van der Waals surface area contributed by atoms with E-state index in [-0.39, 0.29) is 5.91 Å². The van der Waals surface area contributed by atoms with Gasteiger partial charge in [0.05, 0.1) is 10.0 Å². The lowest BCUT2D eigenvalue weighted by Gasteiger charge is -2.35. The first-order valence-corrected chi connectivity index (χ1v) is 10.5. The molecule has 1 saturated heterocycles. The molecule has 0 unspecified atom stereocenters. The van der Waals surface area contributed by atoms with Crippen molar-refractivity contribution in [3.8, 4) is 0 Å². The zero-order valence-electron chi connectivity index (χ0n) is 16.1. The number of benzene rings is 2. The Morgan fingerprint density at radius 3 is 2.55 bits per heavy atom. The number of carbonyl (C=O) groups excluding carboxylic acids is 2. The van der Waals surface area contributed by atoms with Crippen molar-refractivity contribution in [2.24, 2.45) is 11.7 Å². The fourth-order valence-corrected chi connectivity index (χ4v) is 4.19. The molecule has 2 aromatic rings. The first kappa shape index (κ1) is 21.5. The topological polar surface area (TPSA) is 75.4 Å². The molecule has 7 heteroatoms. The molecule has 1 aliphatic rings. The van der Waals surface area contributed by atoms with Crippen molar-refractivity contribution in [2.45, 2.75) is 31.7 Å². The Balaban J connectivity index is 1.69. The maximum atomic E-state index is 13.2. The Morgan fingerprint density at radius 1 is 1.10 bits per heavy atom. The molecular weight excluding hydrogens is 409 g/mol. The summed E-state index contributed by atoms with van der Waals surface area (Å²) in [7, 11) is 0. The van der Waals surface area contributed by atoms with Crippen LogP contribution >= 0.6 is 23.2 Å². The summed E-state index contributed by atoms with van der Waals surface area (Å²) in [6.45, 7) is 1.36. The smallest absolute Gasteiger partial charge is 0.312 e. The van der Waals surface area contributed by atoms with Crippen LogP contribution in [0.15, 0.2) is 48.5 Å². The highest BCUT2D eigenvalue weighted by Crippen LogP contribution is 2.25. The highest BCUT2D eigenvalue weighted by molar-refractivity contribution is 6.42. The van der Waals surface area contributed by atoms with Crippen molar-refractivity contribution in [3.63, 3.8) is 0 Å². The first-order valence-electron chi connectivity index (χ1n) is 9.75. The lowest BCUT2D eigenvalue weighted by molar-refractivity contribution is -0.135. The minimum absolute atomic E-state index is 0.118. The fourth-order valence-electron chi connectivity index (χ4n) is 3.87. The number of amides is 3. The summed E-state index contributed by atoms with van der Waals surface area (Å²) in [5, 5.41) is 3.45. The van der Waals surface area contributed by atoms with E-state index in [0.29, 0.717) is 35.5 Å². The molecule has 0 aromatic heterocycles. The van der Waals surface area contributed by atoms with Crippen LogP contribution in [0.4, 0.5) is 4.79 Å². The summed E-state index contributed by atoms with van der Waals surface area (Å²) in [5.74, 6) is 0.280. The molecule has 2 aromatic carbocycles. The van der Waals surface area contributed by atoms with E-state index in [4.69, 9.17) is 28.9 Å². The molecule has 0 spiro atoms. The number of hydrogen-bond acceptors (Lipinski definition) is 2. The van der Waals surface area contributed by atoms with E-state index in [0.717, 1.165) is 24.8 Å². The van der Waals surface area contributed by atoms with Gasteiger partial charge in [0.2, 0.25) is 5.91 Å². The molecule has 1 fully saturated rings. The summed E-state index contributed by atoms with van der Waals surface area (Å²) in [6, 6.07) is 14.0. The van der Waals surface area contributed by atoms with Gasteiger partial charge in [-0.15, -0.1) is 0 Å². The molecule has 1 aliphatic heterocycles. The SMILES string of the molecule is NC(=O)N[C@H](Cc1ccc(Cl)c(Cl)c1)C(=O)N1CCC[C@H](Cc2ccccc2)C1. The van der Waals surface area contributed by atoms with Crippen molar-refractivity contribution in [2.75, 3.05) is 13.1 Å². The number of halogens is 2. The molecule has 0 aliphatic carbocycles. The van der Waals surface area contributed by atoms with Gasteiger partial charge in [0, 0.05) is 19.5 Å². The monoisotopic (exact) mass is 433 g/mol. The third kappa shape index (κ3) is 6.12. The Morgan fingerprint density at radius 2 is 1.86 bits per heavy atom. The standard InChI is InChI=1S/C22H25Cl2N3O2/c23-18-9-8-16(12-19(18)24)13-20(26-22(25)29)21(28)27-10-4-7-17(14-27)11-15-5-2-1-3-6-15/h1-3,5-6,8-9,12,17,20H,4,7,10-11,13-14H2,(H3,25,26,29)/t17-,20-/m1/s1. The Bertz CT molecular complexity index is 860. The van der Waals surface area contributed by atoms with Crippen molar-refractivity contribution >= 4 is 35.1 Å². The zero-order chi connectivity index (χ0) is 20.8. The predicted octanol–water partition coefficient (Wildman–Crippen LogP) is 4.05. The average Bonchev–Trinajstić information content (AvgIpc) is 2.70. The van der Waals surface area contributed by atoms with Gasteiger partial charge >= 0.3 is 6.03 Å². The highest BCUT2D eigenvalue weighted by Gasteiger charge is 2.30. The molecule has 3 amide bonds. The first-order chi connectivity index (χ1) is 13.9. The second kappa shape index (κ2) is 9.99. The van der Waals surface area contributed by atoms with Crippen LogP contribution in [0, 0.1) is 5.92 Å². The van der Waals surface area contributed by atoms with Crippen molar-refractivity contribution < 1.29 is 9.59 Å². The maximum absolute atomic E-state index is 13.2. The Kier molecular flexibility index (Phi) is 7.40. The number of primary amides is 1. The predicted molar refractivity (Wildman–Crippen MR) is 116 cm³/mol. The number of rotatable bonds is 6. The largest absolute Gasteiger partial charge is 0.352 e. The molecule has 0 bridgehead atoms. The molecular formula is C22H25Cl2N3O2. The van der Waals surface area contributed by atoms with Crippen LogP contribution in [0.2, 0.25) is 10.0 Å². The summed E-state index contributed by atoms with van der Waals surface area (Å²) in [5.41, 5.74) is 7.41. The third-order valence-electron chi connectivity index (χ3n) is 5.24. The van der Waals surface area contributed by atoms with Crippen LogP contribution in [-0.4, -0.2) is 36.0 Å². The van der Waals surface area contributed by atoms with Gasteiger partial charge in [0.15, 0.2) is 0 Å². The summed E-state index contributed by atoms with van der Waals surface area (Å²) in [6.07, 6.45) is 3.27. The lowest BCUT2D eigenvalue weighted by atomic mass is 9.90. The van der Waals surface area contributed by atoms with Crippen LogP contribution in [0.3, 0.4) is 0 Å². The molecule has 2 atom stereocenters. The molecule has 1 heterocycles. The molecule has 29 heavy (non-hydrogen) atoms. The summed E-state index contributed by atoms with van der Waals surface area (Å²) >= 11 is 12.1. The van der Waals surface area contributed by atoms with Gasteiger partial charge < -0.3 is 16.0 Å². The maximum Gasteiger partial charge on any atom is 0.312 e. The van der Waals surface area contributed by atoms with Crippen molar-refractivity contribution in [3.05, 3.63) is 69.7 Å². The average molecular weight is 434 g/mol. The second-order valence-electron chi connectivity index (χ2n) is 7.50. The number of piperidine rings is 1. The molecule has 0 radical (unpaired) electrons. The second-order valence-corrected chi connectivity index (χ2v) is 8.31. The summed E-state index contributed by atoms with van der Waals surface area (Å²) < 4.78 is 0. The van der Waals surface area contributed by atoms with Crippen LogP contribution < -0.4 is 11.1 Å². The number of hydrogen-bond donors (Lipinski definition) is 2. The van der Waals surface area contributed by atoms with Crippen molar-refractivity contribution in [1.82, 2.24) is 10.2 Å². The van der Waals surface area contributed by atoms with E-state index >= 15 is 0 Å². The summed E-state index contributed by atoms with van der Waals surface area (Å²) in [4.78, 5) is 26.5. The van der Waals surface area contributed by atoms with Crippen LogP contribution in [0.25, 0.3) is 0 Å². The van der Waals surface area contributed by atoms with E-state index in [9.17, 15) is 9.59 Å². The van der Waals surface area contributed by atoms with E-state index in [1.807, 2.05) is 23.1 Å². The van der Waals surface area contributed by atoms with Gasteiger partial charge in [-0.2, -0.15) is 0 Å². The number of nitrogens with zero attached hydrogens (tertiary/aromatic N) is 1. The van der Waals surface area contributed by atoms with E-state index in [2.05, 4.69) is 17.4 Å². The Hall–Kier alpha value is -2.24. The quantitative estimate of drug-likeness (QED) is 0.720. The highest BCUT2D eigenvalue weighted by atomic mass is 35.5. The molecule has 0 saturated carbocycles. The minimum atomic E-state index is -0.736. The van der Waals surface area contributed by atoms with Gasteiger partial charge in [0.25, 0.3) is 0 Å². The molecule has 154 valence electrons.